The topological polar surface area (TPSA) is 20.3 Å². The first kappa shape index (κ1) is 15.2. The van der Waals surface area contributed by atoms with E-state index in [1.54, 1.807) is 6.92 Å². The Morgan fingerprint density at radius 3 is 2.40 bits per heavy atom. The number of hydrogen-bond acceptors (Lipinski definition) is 2. The Labute approximate surface area is 123 Å². The van der Waals surface area contributed by atoms with Gasteiger partial charge in [0.15, 0.2) is 5.78 Å². The Balaban J connectivity index is 2.31. The minimum Gasteiger partial charge on any atom is -0.299 e. The highest BCUT2D eigenvalue weighted by Gasteiger charge is 2.30. The number of aryl methyl sites for hydroxylation is 2. The number of ketones is 1. The van der Waals surface area contributed by atoms with Crippen LogP contribution in [-0.4, -0.2) is 23.8 Å². The van der Waals surface area contributed by atoms with Crippen molar-refractivity contribution in [2.24, 2.45) is 5.92 Å². The van der Waals surface area contributed by atoms with E-state index >= 15 is 0 Å². The average Bonchev–Trinajstić information content (AvgIpc) is 3.16. The van der Waals surface area contributed by atoms with Gasteiger partial charge < -0.3 is 0 Å². The predicted octanol–water partition coefficient (Wildman–Crippen LogP) is 4.04. The van der Waals surface area contributed by atoms with Gasteiger partial charge in [-0.2, -0.15) is 0 Å². The second kappa shape index (κ2) is 5.69. The lowest BCUT2D eigenvalue weighted by molar-refractivity contribution is 0.101. The van der Waals surface area contributed by atoms with E-state index < -0.39 is 0 Å². The van der Waals surface area contributed by atoms with Gasteiger partial charge in [0.05, 0.1) is 0 Å². The van der Waals surface area contributed by atoms with Crippen LogP contribution in [0.5, 0.6) is 0 Å². The lowest BCUT2D eigenvalue weighted by atomic mass is 9.91. The number of rotatable bonds is 5. The molecule has 2 nitrogen and oxygen atoms in total. The summed E-state index contributed by atoms with van der Waals surface area (Å²) >= 11 is 0. The van der Waals surface area contributed by atoms with Crippen molar-refractivity contribution < 1.29 is 4.79 Å². The van der Waals surface area contributed by atoms with Crippen LogP contribution in [0, 0.1) is 26.7 Å². The van der Waals surface area contributed by atoms with Gasteiger partial charge in [0.1, 0.15) is 0 Å². The third kappa shape index (κ3) is 2.95. The maximum absolute atomic E-state index is 11.9. The van der Waals surface area contributed by atoms with Crippen LogP contribution in [0.15, 0.2) is 6.07 Å². The molecule has 1 fully saturated rings. The molecule has 0 N–H and O–H groups in total. The van der Waals surface area contributed by atoms with Crippen molar-refractivity contribution in [1.29, 1.82) is 0 Å². The van der Waals surface area contributed by atoms with Gasteiger partial charge in [0.2, 0.25) is 0 Å². The maximum Gasteiger partial charge on any atom is 0.160 e. The third-order valence-electron chi connectivity index (χ3n) is 4.89. The van der Waals surface area contributed by atoms with Crippen molar-refractivity contribution in [2.75, 3.05) is 7.05 Å². The van der Waals surface area contributed by atoms with Gasteiger partial charge in [-0.15, -0.1) is 0 Å². The van der Waals surface area contributed by atoms with Gasteiger partial charge in [0, 0.05) is 18.2 Å². The normalized spacial score (nSPS) is 16.6. The van der Waals surface area contributed by atoms with Gasteiger partial charge in [-0.1, -0.05) is 6.07 Å². The molecule has 0 saturated heterocycles. The molecule has 0 bridgehead atoms. The number of hydrogen-bond donors (Lipinski definition) is 0. The molecule has 1 atom stereocenters. The summed E-state index contributed by atoms with van der Waals surface area (Å²) in [5.74, 6) is 1.05. The smallest absolute Gasteiger partial charge is 0.160 e. The standard InChI is InChI=1S/C18H27NO/c1-11-9-12(2)18(15(5)20)13(3)17(11)10-19(6)14(4)16-7-8-16/h9,14,16H,7-8,10H2,1-6H3. The average molecular weight is 273 g/mol. The molecule has 0 amide bonds. The molecule has 0 aromatic heterocycles. The van der Waals surface area contributed by atoms with Crippen LogP contribution in [0.1, 0.15) is 59.3 Å². The first-order valence-corrected chi connectivity index (χ1v) is 7.63. The summed E-state index contributed by atoms with van der Waals surface area (Å²) in [5.41, 5.74) is 5.83. The third-order valence-corrected chi connectivity index (χ3v) is 4.89. The summed E-state index contributed by atoms with van der Waals surface area (Å²) in [6.07, 6.45) is 2.74. The highest BCUT2D eigenvalue weighted by molar-refractivity contribution is 5.97. The number of nitrogens with zero attached hydrogens (tertiary/aromatic N) is 1. The second-order valence-electron chi connectivity index (χ2n) is 6.54. The zero-order valence-corrected chi connectivity index (χ0v) is 13.7. The van der Waals surface area contributed by atoms with Crippen LogP contribution in [0.25, 0.3) is 0 Å². The molecule has 1 aromatic carbocycles. The number of carbonyl (C=O) groups excluding carboxylic acids is 1. The van der Waals surface area contributed by atoms with Crippen LogP contribution in [0.3, 0.4) is 0 Å². The van der Waals surface area contributed by atoms with Crippen LogP contribution >= 0.6 is 0 Å². The molecule has 1 unspecified atom stereocenters. The number of Topliss-reactive ketones (excluding diaryl/α,β-unsaturated/α-hetero) is 1. The Morgan fingerprint density at radius 1 is 1.30 bits per heavy atom. The fourth-order valence-electron chi connectivity index (χ4n) is 3.34. The molecule has 1 aliphatic rings. The minimum absolute atomic E-state index is 0.180. The highest BCUT2D eigenvalue weighted by Crippen LogP contribution is 2.35. The zero-order chi connectivity index (χ0) is 15.0. The molecule has 0 spiro atoms. The van der Waals surface area contributed by atoms with E-state index in [9.17, 15) is 4.79 Å². The van der Waals surface area contributed by atoms with Gasteiger partial charge in [-0.05, 0) is 82.7 Å². The van der Waals surface area contributed by atoms with E-state index in [1.807, 2.05) is 6.92 Å². The molecule has 1 aliphatic carbocycles. The van der Waals surface area contributed by atoms with Crippen LogP contribution in [0.2, 0.25) is 0 Å². The van der Waals surface area contributed by atoms with E-state index in [0.29, 0.717) is 6.04 Å². The molecule has 0 radical (unpaired) electrons. The van der Waals surface area contributed by atoms with Crippen molar-refractivity contribution in [3.63, 3.8) is 0 Å². The van der Waals surface area contributed by atoms with Crippen molar-refractivity contribution in [3.8, 4) is 0 Å². The minimum atomic E-state index is 0.180. The molecule has 1 aromatic rings. The van der Waals surface area contributed by atoms with Crippen molar-refractivity contribution in [1.82, 2.24) is 4.90 Å². The summed E-state index contributed by atoms with van der Waals surface area (Å²) in [6, 6.07) is 2.80. The number of benzene rings is 1. The largest absolute Gasteiger partial charge is 0.299 e. The Bertz CT molecular complexity index is 529. The fourth-order valence-corrected chi connectivity index (χ4v) is 3.34. The summed E-state index contributed by atoms with van der Waals surface area (Å²) in [4.78, 5) is 14.3. The first-order chi connectivity index (χ1) is 9.32. The monoisotopic (exact) mass is 273 g/mol. The van der Waals surface area contributed by atoms with Gasteiger partial charge in [-0.25, -0.2) is 0 Å². The lowest BCUT2D eigenvalue weighted by Crippen LogP contribution is -2.31. The van der Waals surface area contributed by atoms with Crippen LogP contribution < -0.4 is 0 Å². The van der Waals surface area contributed by atoms with Gasteiger partial charge in [-0.3, -0.25) is 9.69 Å². The Hall–Kier alpha value is -1.15. The van der Waals surface area contributed by atoms with E-state index in [1.165, 1.54) is 29.5 Å². The fraction of sp³-hybridized carbons (Fsp3) is 0.611. The molecule has 2 heteroatoms. The first-order valence-electron chi connectivity index (χ1n) is 7.63. The van der Waals surface area contributed by atoms with Crippen LogP contribution in [-0.2, 0) is 6.54 Å². The molecule has 20 heavy (non-hydrogen) atoms. The van der Waals surface area contributed by atoms with Crippen molar-refractivity contribution in [3.05, 3.63) is 33.9 Å². The molecular formula is C18H27NO. The molecule has 1 saturated carbocycles. The number of carbonyl (C=O) groups is 1. The summed E-state index contributed by atoms with van der Waals surface area (Å²) in [7, 11) is 2.20. The van der Waals surface area contributed by atoms with E-state index in [4.69, 9.17) is 0 Å². The predicted molar refractivity (Wildman–Crippen MR) is 84.3 cm³/mol. The molecule has 0 heterocycles. The highest BCUT2D eigenvalue weighted by atomic mass is 16.1. The summed E-state index contributed by atoms with van der Waals surface area (Å²) < 4.78 is 0. The van der Waals surface area contributed by atoms with E-state index in [0.717, 1.165) is 23.6 Å². The molecule has 110 valence electrons. The SMILES string of the molecule is CC(=O)c1c(C)cc(C)c(CN(C)C(C)C2CC2)c1C. The summed E-state index contributed by atoms with van der Waals surface area (Å²) in [6.45, 7) is 11.2. The Kier molecular flexibility index (Phi) is 4.33. The molecule has 2 rings (SSSR count). The van der Waals surface area contributed by atoms with Gasteiger partial charge in [0.25, 0.3) is 0 Å². The summed E-state index contributed by atoms with van der Waals surface area (Å²) in [5, 5.41) is 0. The molecular weight excluding hydrogens is 246 g/mol. The maximum atomic E-state index is 11.9. The van der Waals surface area contributed by atoms with Gasteiger partial charge >= 0.3 is 0 Å². The van der Waals surface area contributed by atoms with Crippen molar-refractivity contribution >= 4 is 5.78 Å². The van der Waals surface area contributed by atoms with E-state index in [2.05, 4.69) is 38.8 Å². The lowest BCUT2D eigenvalue weighted by Gasteiger charge is -2.27. The zero-order valence-electron chi connectivity index (χ0n) is 13.7. The second-order valence-corrected chi connectivity index (χ2v) is 6.54. The van der Waals surface area contributed by atoms with Crippen LogP contribution in [0.4, 0.5) is 0 Å². The van der Waals surface area contributed by atoms with Crippen molar-refractivity contribution in [2.45, 2.75) is 60.0 Å². The Morgan fingerprint density at radius 2 is 1.90 bits per heavy atom. The van der Waals surface area contributed by atoms with E-state index in [-0.39, 0.29) is 5.78 Å². The molecule has 0 aliphatic heterocycles. The quantitative estimate of drug-likeness (QED) is 0.754.